The van der Waals surface area contributed by atoms with Crippen molar-refractivity contribution in [3.05, 3.63) is 40.3 Å². The number of rotatable bonds is 1. The first kappa shape index (κ1) is 13.7. The van der Waals surface area contributed by atoms with Crippen LogP contribution in [0.2, 0.25) is 0 Å². The third-order valence-corrected chi connectivity index (χ3v) is 5.14. The summed E-state index contributed by atoms with van der Waals surface area (Å²) < 4.78 is 22.8. The van der Waals surface area contributed by atoms with E-state index in [2.05, 4.69) is 10.2 Å². The smallest absolute Gasteiger partial charge is 0.274 e. The maximum absolute atomic E-state index is 12.5. The molecule has 8 heteroatoms. The number of carbonyl (C=O) groups excluding carboxylic acids is 1. The summed E-state index contributed by atoms with van der Waals surface area (Å²) in [5.41, 5.74) is -0.215. The Bertz CT molecular complexity index is 858. The highest BCUT2D eigenvalue weighted by atomic mass is 32.2. The van der Waals surface area contributed by atoms with Crippen LogP contribution < -0.4 is 5.56 Å². The molecule has 7 nitrogen and oxygen atoms in total. The van der Waals surface area contributed by atoms with Crippen molar-refractivity contribution >= 4 is 26.5 Å². The molecule has 0 aliphatic carbocycles. The second kappa shape index (κ2) is 4.96. The van der Waals surface area contributed by atoms with Crippen LogP contribution in [0.5, 0.6) is 0 Å². The fourth-order valence-electron chi connectivity index (χ4n) is 2.34. The maximum Gasteiger partial charge on any atom is 0.274 e. The van der Waals surface area contributed by atoms with Crippen LogP contribution in [0.1, 0.15) is 10.5 Å². The van der Waals surface area contributed by atoms with Gasteiger partial charge in [0.1, 0.15) is 0 Å². The lowest BCUT2D eigenvalue weighted by Crippen LogP contribution is -2.44. The largest absolute Gasteiger partial charge is 0.335 e. The molecule has 110 valence electrons. The van der Waals surface area contributed by atoms with E-state index in [0.717, 1.165) is 0 Å². The van der Waals surface area contributed by atoms with Gasteiger partial charge in [0.2, 0.25) is 0 Å². The molecule has 2 heterocycles. The first-order valence-electron chi connectivity index (χ1n) is 6.45. The summed E-state index contributed by atoms with van der Waals surface area (Å²) in [6.07, 6.45) is 0. The first-order valence-corrected chi connectivity index (χ1v) is 8.27. The van der Waals surface area contributed by atoms with Crippen LogP contribution in [0.3, 0.4) is 0 Å². The number of hydrogen-bond donors (Lipinski definition) is 1. The van der Waals surface area contributed by atoms with E-state index in [1.807, 2.05) is 0 Å². The normalized spacial score (nSPS) is 17.8. The van der Waals surface area contributed by atoms with Crippen LogP contribution in [0, 0.1) is 0 Å². The Hall–Kier alpha value is -2.22. The fraction of sp³-hybridized carbons (Fsp3) is 0.308. The summed E-state index contributed by atoms with van der Waals surface area (Å²) in [7, 11) is -3.05. The lowest BCUT2D eigenvalue weighted by molar-refractivity contribution is 0.0765. The molecule has 1 aromatic carbocycles. The molecule has 2 aromatic rings. The summed E-state index contributed by atoms with van der Waals surface area (Å²) in [5, 5.41) is 7.01. The van der Waals surface area contributed by atoms with Crippen LogP contribution in [-0.2, 0) is 9.84 Å². The highest BCUT2D eigenvalue weighted by Crippen LogP contribution is 2.15. The van der Waals surface area contributed by atoms with Gasteiger partial charge in [0, 0.05) is 18.5 Å². The summed E-state index contributed by atoms with van der Waals surface area (Å²) in [6, 6.07) is 6.71. The molecule has 1 fully saturated rings. The van der Waals surface area contributed by atoms with Gasteiger partial charge in [-0.1, -0.05) is 18.2 Å². The van der Waals surface area contributed by atoms with Crippen LogP contribution in [-0.4, -0.2) is 54.0 Å². The second-order valence-corrected chi connectivity index (χ2v) is 7.19. The van der Waals surface area contributed by atoms with Gasteiger partial charge in [0.25, 0.3) is 11.5 Å². The molecule has 21 heavy (non-hydrogen) atoms. The lowest BCUT2D eigenvalue weighted by atomic mass is 10.1. The number of nitrogens with zero attached hydrogens (tertiary/aromatic N) is 2. The molecule has 3 rings (SSSR count). The number of benzene rings is 1. The van der Waals surface area contributed by atoms with Gasteiger partial charge in [-0.05, 0) is 6.07 Å². The summed E-state index contributed by atoms with van der Waals surface area (Å²) >= 11 is 0. The van der Waals surface area contributed by atoms with Gasteiger partial charge in [0.15, 0.2) is 15.5 Å². The molecule has 1 aliphatic rings. The van der Waals surface area contributed by atoms with E-state index in [-0.39, 0.29) is 41.8 Å². The van der Waals surface area contributed by atoms with Gasteiger partial charge < -0.3 is 4.90 Å². The van der Waals surface area contributed by atoms with Crippen molar-refractivity contribution in [3.8, 4) is 0 Å². The standard InChI is InChI=1S/C13H13N3O4S/c17-12-10-4-2-1-3-9(10)11(14-15-12)13(18)16-5-7-21(19,20)8-6-16/h1-4H,5-8H2,(H,15,17). The van der Waals surface area contributed by atoms with Crippen molar-refractivity contribution in [3.63, 3.8) is 0 Å². The van der Waals surface area contributed by atoms with Gasteiger partial charge >= 0.3 is 0 Å². The number of amides is 1. The van der Waals surface area contributed by atoms with Gasteiger partial charge in [0.05, 0.1) is 16.9 Å². The van der Waals surface area contributed by atoms with Gasteiger partial charge in [-0.25, -0.2) is 13.5 Å². The number of aromatic nitrogens is 2. The molecular weight excluding hydrogens is 294 g/mol. The summed E-state index contributed by atoms with van der Waals surface area (Å²) in [4.78, 5) is 25.6. The molecule has 1 aromatic heterocycles. The minimum Gasteiger partial charge on any atom is -0.335 e. The van der Waals surface area contributed by atoms with Crippen LogP contribution >= 0.6 is 0 Å². The SMILES string of the molecule is O=C(c1n[nH]c(=O)c2ccccc12)N1CCS(=O)(=O)CC1. The minimum atomic E-state index is -3.05. The average molecular weight is 307 g/mol. The number of hydrogen-bond acceptors (Lipinski definition) is 5. The van der Waals surface area contributed by atoms with Crippen LogP contribution in [0.15, 0.2) is 29.1 Å². The second-order valence-electron chi connectivity index (χ2n) is 4.89. The lowest BCUT2D eigenvalue weighted by Gasteiger charge is -2.26. The number of aromatic amines is 1. The zero-order valence-corrected chi connectivity index (χ0v) is 11.9. The van der Waals surface area contributed by atoms with Crippen molar-refractivity contribution in [1.82, 2.24) is 15.1 Å². The number of H-pyrrole nitrogens is 1. The van der Waals surface area contributed by atoms with E-state index in [1.54, 1.807) is 24.3 Å². The molecule has 0 atom stereocenters. The fourth-order valence-corrected chi connectivity index (χ4v) is 3.54. The van der Waals surface area contributed by atoms with Gasteiger partial charge in [-0.3, -0.25) is 9.59 Å². The Morgan fingerprint density at radius 3 is 2.43 bits per heavy atom. The maximum atomic E-state index is 12.5. The first-order chi connectivity index (χ1) is 9.98. The van der Waals surface area contributed by atoms with Crippen molar-refractivity contribution in [2.75, 3.05) is 24.6 Å². The van der Waals surface area contributed by atoms with Gasteiger partial charge in [-0.15, -0.1) is 0 Å². The quantitative estimate of drug-likeness (QED) is 0.786. The molecule has 0 radical (unpaired) electrons. The Labute approximate surface area is 120 Å². The van der Waals surface area contributed by atoms with E-state index in [0.29, 0.717) is 10.8 Å². The zero-order valence-electron chi connectivity index (χ0n) is 11.1. The molecular formula is C13H13N3O4S. The topological polar surface area (TPSA) is 100 Å². The van der Waals surface area contributed by atoms with Crippen LogP contribution in [0.4, 0.5) is 0 Å². The Morgan fingerprint density at radius 2 is 1.76 bits per heavy atom. The zero-order chi connectivity index (χ0) is 15.0. The van der Waals surface area contributed by atoms with Crippen LogP contribution in [0.25, 0.3) is 10.8 Å². The molecule has 0 saturated carbocycles. The number of nitrogens with one attached hydrogen (secondary N) is 1. The van der Waals surface area contributed by atoms with Crippen molar-refractivity contribution in [1.29, 1.82) is 0 Å². The third kappa shape index (κ3) is 2.54. The van der Waals surface area contributed by atoms with E-state index in [4.69, 9.17) is 0 Å². The van der Waals surface area contributed by atoms with E-state index >= 15 is 0 Å². The van der Waals surface area contributed by atoms with E-state index in [9.17, 15) is 18.0 Å². The highest BCUT2D eigenvalue weighted by molar-refractivity contribution is 7.91. The molecule has 0 spiro atoms. The molecule has 1 amide bonds. The predicted molar refractivity (Wildman–Crippen MR) is 76.9 cm³/mol. The predicted octanol–water partition coefficient (Wildman–Crippen LogP) is -0.206. The highest BCUT2D eigenvalue weighted by Gasteiger charge is 2.27. The minimum absolute atomic E-state index is 0.0416. The molecule has 1 aliphatic heterocycles. The Morgan fingerprint density at radius 1 is 1.14 bits per heavy atom. The Kier molecular flexibility index (Phi) is 3.25. The van der Waals surface area contributed by atoms with E-state index in [1.165, 1.54) is 4.90 Å². The molecule has 1 saturated heterocycles. The molecule has 1 N–H and O–H groups in total. The third-order valence-electron chi connectivity index (χ3n) is 3.53. The summed E-state index contributed by atoms with van der Waals surface area (Å²) in [6.45, 7) is 0.298. The van der Waals surface area contributed by atoms with Crippen molar-refractivity contribution in [2.45, 2.75) is 0 Å². The Balaban J connectivity index is 2.00. The van der Waals surface area contributed by atoms with E-state index < -0.39 is 9.84 Å². The number of fused-ring (bicyclic) bond motifs is 1. The number of carbonyl (C=O) groups is 1. The molecule has 0 unspecified atom stereocenters. The van der Waals surface area contributed by atoms with Gasteiger partial charge in [-0.2, -0.15) is 5.10 Å². The molecule has 0 bridgehead atoms. The van der Waals surface area contributed by atoms with Crippen molar-refractivity contribution < 1.29 is 13.2 Å². The summed E-state index contributed by atoms with van der Waals surface area (Å²) in [5.74, 6) is -0.447. The monoisotopic (exact) mass is 307 g/mol. The average Bonchev–Trinajstić information content (AvgIpc) is 2.47. The number of sulfone groups is 1. The van der Waals surface area contributed by atoms with Crippen molar-refractivity contribution in [2.24, 2.45) is 0 Å².